The molecule has 0 bridgehead atoms. The first-order chi connectivity index (χ1) is 12.0. The van der Waals surface area contributed by atoms with Gasteiger partial charge < -0.3 is 15.2 Å². The first-order valence-corrected chi connectivity index (χ1v) is 8.35. The monoisotopic (exact) mass is 361 g/mol. The second-order valence-corrected chi connectivity index (χ2v) is 5.97. The Balaban J connectivity index is 1.96. The average molecular weight is 362 g/mol. The van der Waals surface area contributed by atoms with Crippen LogP contribution in [0.3, 0.4) is 0 Å². The molecule has 0 aliphatic heterocycles. The Bertz CT molecular complexity index is 730. The number of carboxylic acid groups (broad SMARTS) is 1. The lowest BCUT2D eigenvalue weighted by atomic mass is 9.99. The topological polar surface area (TPSA) is 75.6 Å². The number of amides is 1. The normalized spacial score (nSPS) is 11.6. The molecule has 1 amide bonds. The van der Waals surface area contributed by atoms with Gasteiger partial charge in [-0.2, -0.15) is 0 Å². The summed E-state index contributed by atoms with van der Waals surface area (Å²) in [4.78, 5) is 23.6. The van der Waals surface area contributed by atoms with E-state index in [4.69, 9.17) is 16.3 Å². The van der Waals surface area contributed by atoms with Gasteiger partial charge in [0.2, 0.25) is 0 Å². The molecule has 2 aromatic rings. The van der Waals surface area contributed by atoms with Crippen molar-refractivity contribution in [3.05, 3.63) is 64.7 Å². The molecule has 1 atom stereocenters. The lowest BCUT2D eigenvalue weighted by Gasteiger charge is -2.14. The number of benzene rings is 2. The quantitative estimate of drug-likeness (QED) is 0.755. The molecule has 0 saturated heterocycles. The number of hydrogen-bond donors (Lipinski definition) is 2. The molecule has 2 aromatic carbocycles. The number of carboxylic acids is 1. The van der Waals surface area contributed by atoms with Gasteiger partial charge in [0.25, 0.3) is 5.91 Å². The van der Waals surface area contributed by atoms with Gasteiger partial charge >= 0.3 is 5.97 Å². The molecule has 0 saturated carbocycles. The summed E-state index contributed by atoms with van der Waals surface area (Å²) in [6.45, 7) is 2.51. The molecular formula is C19H20ClNO4. The zero-order chi connectivity index (χ0) is 18.2. The Hall–Kier alpha value is -2.53. The van der Waals surface area contributed by atoms with Gasteiger partial charge in [-0.1, -0.05) is 29.8 Å². The summed E-state index contributed by atoms with van der Waals surface area (Å²) in [6.07, 6.45) is 0.317. The van der Waals surface area contributed by atoms with Crippen LogP contribution in [0.5, 0.6) is 5.75 Å². The van der Waals surface area contributed by atoms with E-state index in [9.17, 15) is 14.7 Å². The lowest BCUT2D eigenvalue weighted by molar-refractivity contribution is -0.141. The van der Waals surface area contributed by atoms with E-state index in [1.165, 1.54) is 0 Å². The van der Waals surface area contributed by atoms with E-state index in [0.717, 1.165) is 11.3 Å². The predicted octanol–water partition coefficient (Wildman–Crippen LogP) is 3.41. The van der Waals surface area contributed by atoms with Crippen molar-refractivity contribution in [3.63, 3.8) is 0 Å². The van der Waals surface area contributed by atoms with Crippen molar-refractivity contribution < 1.29 is 19.4 Å². The Morgan fingerprint density at radius 2 is 1.92 bits per heavy atom. The van der Waals surface area contributed by atoms with E-state index >= 15 is 0 Å². The van der Waals surface area contributed by atoms with Gasteiger partial charge in [-0.15, -0.1) is 0 Å². The van der Waals surface area contributed by atoms with E-state index in [-0.39, 0.29) is 12.5 Å². The van der Waals surface area contributed by atoms with Crippen molar-refractivity contribution in [1.29, 1.82) is 0 Å². The summed E-state index contributed by atoms with van der Waals surface area (Å²) >= 11 is 5.86. The van der Waals surface area contributed by atoms with Crippen molar-refractivity contribution in [2.75, 3.05) is 13.2 Å². The van der Waals surface area contributed by atoms with Gasteiger partial charge in [0.15, 0.2) is 0 Å². The third-order valence-electron chi connectivity index (χ3n) is 3.66. The molecule has 2 N–H and O–H groups in total. The summed E-state index contributed by atoms with van der Waals surface area (Å²) in [6, 6.07) is 13.8. The molecule has 0 heterocycles. The van der Waals surface area contributed by atoms with E-state index in [2.05, 4.69) is 5.32 Å². The highest BCUT2D eigenvalue weighted by Crippen LogP contribution is 2.16. The third kappa shape index (κ3) is 5.80. The van der Waals surface area contributed by atoms with Crippen molar-refractivity contribution in [2.45, 2.75) is 13.3 Å². The van der Waals surface area contributed by atoms with Gasteiger partial charge in [0.1, 0.15) is 5.75 Å². The summed E-state index contributed by atoms with van der Waals surface area (Å²) < 4.78 is 5.37. The van der Waals surface area contributed by atoms with E-state index in [1.807, 2.05) is 31.2 Å². The molecular weight excluding hydrogens is 342 g/mol. The summed E-state index contributed by atoms with van der Waals surface area (Å²) in [5, 5.41) is 12.5. The minimum absolute atomic E-state index is 0.0356. The fourth-order valence-electron chi connectivity index (χ4n) is 2.37. The number of halogens is 1. The standard InChI is InChI=1S/C19H20ClNO4/c1-2-25-17-8-6-13(7-9-17)10-15(19(23)24)12-21-18(22)14-4-3-5-16(20)11-14/h3-9,11,15H,2,10,12H2,1H3,(H,21,22)(H,23,24). The van der Waals surface area contributed by atoms with Gasteiger partial charge in [-0.3, -0.25) is 9.59 Å². The Labute approximate surface area is 151 Å². The van der Waals surface area contributed by atoms with Crippen LogP contribution in [0.25, 0.3) is 0 Å². The molecule has 0 aliphatic carbocycles. The van der Waals surface area contributed by atoms with Gasteiger partial charge in [0.05, 0.1) is 12.5 Å². The van der Waals surface area contributed by atoms with Gasteiger partial charge in [-0.05, 0) is 49.2 Å². The molecule has 6 heteroatoms. The van der Waals surface area contributed by atoms with Crippen LogP contribution in [0.4, 0.5) is 0 Å². The molecule has 0 fully saturated rings. The minimum Gasteiger partial charge on any atom is -0.494 e. The Morgan fingerprint density at radius 1 is 1.20 bits per heavy atom. The number of hydrogen-bond acceptors (Lipinski definition) is 3. The number of nitrogens with one attached hydrogen (secondary N) is 1. The van der Waals surface area contributed by atoms with Crippen molar-refractivity contribution >= 4 is 23.5 Å². The average Bonchev–Trinajstić information content (AvgIpc) is 2.59. The highest BCUT2D eigenvalue weighted by Gasteiger charge is 2.19. The van der Waals surface area contributed by atoms with E-state index in [1.54, 1.807) is 24.3 Å². The molecule has 1 unspecified atom stereocenters. The molecule has 132 valence electrons. The van der Waals surface area contributed by atoms with Crippen LogP contribution in [0, 0.1) is 5.92 Å². The van der Waals surface area contributed by atoms with Crippen LogP contribution in [0.1, 0.15) is 22.8 Å². The van der Waals surface area contributed by atoms with Crippen LogP contribution in [0.15, 0.2) is 48.5 Å². The number of carbonyl (C=O) groups excluding carboxylic acids is 1. The second kappa shape index (κ2) is 9.08. The largest absolute Gasteiger partial charge is 0.494 e. The molecule has 5 nitrogen and oxygen atoms in total. The molecule has 0 spiro atoms. The zero-order valence-corrected chi connectivity index (χ0v) is 14.6. The van der Waals surface area contributed by atoms with Crippen LogP contribution in [0.2, 0.25) is 5.02 Å². The summed E-state index contributed by atoms with van der Waals surface area (Å²) in [5.41, 5.74) is 1.27. The molecule has 25 heavy (non-hydrogen) atoms. The summed E-state index contributed by atoms with van der Waals surface area (Å²) in [7, 11) is 0. The lowest BCUT2D eigenvalue weighted by Crippen LogP contribution is -2.34. The number of aliphatic carboxylic acids is 1. The maximum Gasteiger partial charge on any atom is 0.308 e. The molecule has 0 radical (unpaired) electrons. The highest BCUT2D eigenvalue weighted by atomic mass is 35.5. The zero-order valence-electron chi connectivity index (χ0n) is 13.9. The Kier molecular flexibility index (Phi) is 6.83. The summed E-state index contributed by atoms with van der Waals surface area (Å²) in [5.74, 6) is -1.28. The molecule has 0 aromatic heterocycles. The van der Waals surface area contributed by atoms with Crippen LogP contribution in [-0.2, 0) is 11.2 Å². The van der Waals surface area contributed by atoms with Crippen molar-refractivity contribution in [3.8, 4) is 5.75 Å². The van der Waals surface area contributed by atoms with Crippen molar-refractivity contribution in [2.24, 2.45) is 5.92 Å². The minimum atomic E-state index is -0.958. The SMILES string of the molecule is CCOc1ccc(CC(CNC(=O)c2cccc(Cl)c2)C(=O)O)cc1. The van der Waals surface area contributed by atoms with Crippen LogP contribution >= 0.6 is 11.6 Å². The van der Waals surface area contributed by atoms with Crippen LogP contribution < -0.4 is 10.1 Å². The third-order valence-corrected chi connectivity index (χ3v) is 3.90. The number of rotatable bonds is 8. The van der Waals surface area contributed by atoms with Crippen LogP contribution in [-0.4, -0.2) is 30.1 Å². The highest BCUT2D eigenvalue weighted by molar-refractivity contribution is 6.30. The number of ether oxygens (including phenoxy) is 1. The van der Waals surface area contributed by atoms with Gasteiger partial charge in [-0.25, -0.2) is 0 Å². The second-order valence-electron chi connectivity index (χ2n) is 5.54. The smallest absolute Gasteiger partial charge is 0.308 e. The fraction of sp³-hybridized carbons (Fsp3) is 0.263. The van der Waals surface area contributed by atoms with E-state index < -0.39 is 11.9 Å². The molecule has 0 aliphatic rings. The first-order valence-electron chi connectivity index (χ1n) is 7.98. The fourth-order valence-corrected chi connectivity index (χ4v) is 2.56. The number of carbonyl (C=O) groups is 2. The predicted molar refractivity (Wildman–Crippen MR) is 96.2 cm³/mol. The first kappa shape index (κ1) is 18.8. The van der Waals surface area contributed by atoms with Crippen molar-refractivity contribution in [1.82, 2.24) is 5.32 Å². The Morgan fingerprint density at radius 3 is 2.52 bits per heavy atom. The van der Waals surface area contributed by atoms with E-state index in [0.29, 0.717) is 23.6 Å². The maximum atomic E-state index is 12.1. The maximum absolute atomic E-state index is 12.1. The molecule has 2 rings (SSSR count). The van der Waals surface area contributed by atoms with Gasteiger partial charge in [0, 0.05) is 17.1 Å².